The summed E-state index contributed by atoms with van der Waals surface area (Å²) in [5.74, 6) is -3.98. The Morgan fingerprint density at radius 1 is 0.444 bits per heavy atom. The third-order valence-corrected chi connectivity index (χ3v) is 12.8. The van der Waals surface area contributed by atoms with E-state index in [2.05, 4.69) is 12.1 Å². The number of halogens is 2. The molecule has 2 atom stereocenters. The Bertz CT molecular complexity index is 4920. The number of hydrogen-bond donors (Lipinski definition) is 0. The molecular weight excluding hydrogens is 887 g/mol. The van der Waals surface area contributed by atoms with Gasteiger partial charge in [-0.1, -0.05) is 182 Å². The highest BCUT2D eigenvalue weighted by molar-refractivity contribution is 5.93. The van der Waals surface area contributed by atoms with Crippen LogP contribution in [0.2, 0.25) is 0 Å². The van der Waals surface area contributed by atoms with Crippen molar-refractivity contribution in [2.75, 3.05) is 9.80 Å². The minimum atomic E-state index is -1.19. The lowest BCUT2D eigenvalue weighted by molar-refractivity contribution is 0.550. The van der Waals surface area contributed by atoms with Crippen molar-refractivity contribution in [1.29, 1.82) is 10.5 Å². The molecule has 0 saturated heterocycles. The van der Waals surface area contributed by atoms with Gasteiger partial charge in [-0.3, -0.25) is 0 Å². The van der Waals surface area contributed by atoms with Gasteiger partial charge in [0.25, 0.3) is 0 Å². The molecule has 4 aliphatic rings. The van der Waals surface area contributed by atoms with Gasteiger partial charge >= 0.3 is 0 Å². The largest absolute Gasteiger partial charge is 0.306 e. The van der Waals surface area contributed by atoms with E-state index in [1.54, 1.807) is 72.9 Å². The molecule has 0 fully saturated rings. The van der Waals surface area contributed by atoms with Crippen molar-refractivity contribution in [3.05, 3.63) is 299 Å². The summed E-state index contributed by atoms with van der Waals surface area (Å²) < 4.78 is 212. The monoisotopic (exact) mass is 948 g/mol. The van der Waals surface area contributed by atoms with Crippen LogP contribution in [-0.4, -0.2) is 0 Å². The lowest BCUT2D eigenvalue weighted by Gasteiger charge is -2.45. The number of para-hydroxylation sites is 2. The van der Waals surface area contributed by atoms with E-state index in [0.717, 1.165) is 12.1 Å². The Labute approximate surface area is 445 Å². The first kappa shape index (κ1) is 27.0. The Balaban J connectivity index is 1.12. The van der Waals surface area contributed by atoms with Crippen molar-refractivity contribution in [2.45, 2.75) is 0 Å². The van der Waals surface area contributed by atoms with E-state index in [0.29, 0.717) is 22.3 Å². The maximum Gasteiger partial charge on any atom is 0.148 e. The molecule has 8 aromatic rings. The van der Waals surface area contributed by atoms with Crippen molar-refractivity contribution >= 4 is 22.7 Å². The molecule has 12 rings (SSSR count). The van der Waals surface area contributed by atoms with Gasteiger partial charge in [0.05, 0.1) is 72.7 Å². The van der Waals surface area contributed by atoms with E-state index < -0.39 is 189 Å². The summed E-state index contributed by atoms with van der Waals surface area (Å²) in [5, 5.41) is 21.7. The van der Waals surface area contributed by atoms with Crippen LogP contribution >= 0.6 is 0 Å². The molecule has 0 saturated carbocycles. The predicted octanol–water partition coefficient (Wildman–Crippen LogP) is 16.7. The van der Waals surface area contributed by atoms with Crippen LogP contribution in [0.1, 0.15) is 38.5 Å². The second-order valence-electron chi connectivity index (χ2n) is 16.6. The van der Waals surface area contributed by atoms with Gasteiger partial charge < -0.3 is 9.80 Å². The summed E-state index contributed by atoms with van der Waals surface area (Å²) in [6, 6.07) is 5.16. The number of nitrogens with zero attached hydrogens (tertiary/aromatic N) is 4. The van der Waals surface area contributed by atoms with Crippen LogP contribution in [0.15, 0.2) is 276 Å². The summed E-state index contributed by atoms with van der Waals surface area (Å²) >= 11 is 0. The smallest absolute Gasteiger partial charge is 0.148 e. The van der Waals surface area contributed by atoms with Crippen LogP contribution < -0.4 is 9.80 Å². The van der Waals surface area contributed by atoms with E-state index in [1.165, 1.54) is 46.2 Å². The molecule has 340 valence electrons. The minimum Gasteiger partial charge on any atom is -0.306 e. The summed E-state index contributed by atoms with van der Waals surface area (Å²) in [4.78, 5) is 2.70. The van der Waals surface area contributed by atoms with Gasteiger partial charge in [-0.25, -0.2) is 8.78 Å². The van der Waals surface area contributed by atoms with Gasteiger partial charge in [0.1, 0.15) is 23.8 Å². The van der Waals surface area contributed by atoms with Crippen molar-refractivity contribution in [1.82, 2.24) is 0 Å². The second-order valence-corrected chi connectivity index (χ2v) is 16.6. The fourth-order valence-corrected chi connectivity index (χ4v) is 9.80. The number of hydrogen-bond acceptors (Lipinski definition) is 4. The zero-order valence-electron chi connectivity index (χ0n) is 57.2. The molecule has 0 bridgehead atoms. The lowest BCUT2D eigenvalue weighted by atomic mass is 9.63. The van der Waals surface area contributed by atoms with E-state index in [-0.39, 0.29) is 45.0 Å². The van der Waals surface area contributed by atoms with E-state index in [9.17, 15) is 16.0 Å². The topological polar surface area (TPSA) is 54.1 Å². The standard InChI is InChI=1S/C66H42F2N4/c67-57-39-51(43-17-5-1-6-18-43)37-55(45-21-9-3-10-22-45)65(57)71(59-27-15-13-25-49(59)41-69)61-35-31-47-30-34-54-62(36-32-48-29-33-53(61)63(47)64(48)54)72(60-28-16-14-26-50(60)42-70)66-56(46-23-11-4-12-24-46)38-52(40-58(66)68)44-19-7-2-8-20-44/h1-40,63-64H/i1D,2D,3D,4D,5D,6D,7D,8D,9D,10D,11D,12D,17D,18D,19D,20D,21D,22D,23D,24D. The number of allylic oxidation sites excluding steroid dienone is 12. The zero-order chi connectivity index (χ0) is 66.1. The molecule has 2 unspecified atom stereocenters. The third-order valence-electron chi connectivity index (χ3n) is 12.8. The highest BCUT2D eigenvalue weighted by atomic mass is 19.1. The van der Waals surface area contributed by atoms with E-state index in [1.807, 2.05) is 0 Å². The van der Waals surface area contributed by atoms with Crippen LogP contribution in [0.4, 0.5) is 31.5 Å². The molecule has 8 aromatic carbocycles. The Kier molecular flexibility index (Phi) is 6.88. The molecular formula is C66H42F2N4. The van der Waals surface area contributed by atoms with E-state index in [4.69, 9.17) is 21.9 Å². The molecule has 6 heteroatoms. The summed E-state index contributed by atoms with van der Waals surface area (Å²) in [7, 11) is 0. The average Bonchev–Trinajstić information content (AvgIpc) is 0.722. The maximum atomic E-state index is 18.5. The molecule has 4 aliphatic carbocycles. The van der Waals surface area contributed by atoms with Crippen LogP contribution in [0.25, 0.3) is 44.5 Å². The Morgan fingerprint density at radius 2 is 0.889 bits per heavy atom. The van der Waals surface area contributed by atoms with Crippen molar-refractivity contribution < 1.29 is 36.2 Å². The predicted molar refractivity (Wildman–Crippen MR) is 286 cm³/mol. The summed E-state index contributed by atoms with van der Waals surface area (Å²) in [5.41, 5.74) is -2.03. The average molecular weight is 949 g/mol. The van der Waals surface area contributed by atoms with Crippen LogP contribution in [0.5, 0.6) is 0 Å². The van der Waals surface area contributed by atoms with Gasteiger partial charge in [-0.2, -0.15) is 10.5 Å². The molecule has 0 heterocycles. The quantitative estimate of drug-likeness (QED) is 0.137. The van der Waals surface area contributed by atoms with Gasteiger partial charge in [0, 0.05) is 23.0 Å². The number of anilines is 4. The molecule has 0 aliphatic heterocycles. The first-order valence-corrected chi connectivity index (χ1v) is 22.3. The molecule has 72 heavy (non-hydrogen) atoms. The van der Waals surface area contributed by atoms with Gasteiger partial charge in [0.2, 0.25) is 0 Å². The Hall–Kier alpha value is -9.62. The lowest BCUT2D eigenvalue weighted by Crippen LogP contribution is -2.35. The van der Waals surface area contributed by atoms with Crippen LogP contribution in [0.3, 0.4) is 0 Å². The molecule has 4 nitrogen and oxygen atoms in total. The SMILES string of the molecule is [2H]c1c([2H])c([2H])c(-c2cc(F)c(N(C3=CC=C4C=CC5=C(N(c6ccccc6C#N)c6c(F)cc(-c7c([2H])c([2H])c([2H])c([2H])c7[2H])cc6-c6c([2H])c([2H])c([2H])c([2H])c6[2H])C=CC6=CC=C3C4C65)c3ccccc3C#N)c(-c3c([2H])c([2H])c([2H])c([2H])c3[2H])c2)c([2H])c1[2H]. The molecule has 0 radical (unpaired) electrons. The summed E-state index contributed by atoms with van der Waals surface area (Å²) in [6.45, 7) is 0. The fraction of sp³-hybridized carbons (Fsp3) is 0.0303. The normalized spacial score (nSPS) is 19.9. The maximum absolute atomic E-state index is 18.5. The first-order chi connectivity index (χ1) is 43.8. The van der Waals surface area contributed by atoms with Gasteiger partial charge in [-0.05, 0) is 116 Å². The molecule has 0 amide bonds. The highest BCUT2D eigenvalue weighted by Crippen LogP contribution is 2.56. The van der Waals surface area contributed by atoms with Crippen LogP contribution in [-0.2, 0) is 0 Å². The summed E-state index contributed by atoms with van der Waals surface area (Å²) in [6.07, 6.45) is 13.8. The highest BCUT2D eigenvalue weighted by Gasteiger charge is 2.44. The third kappa shape index (κ3) is 7.51. The number of benzene rings is 8. The number of nitriles is 2. The van der Waals surface area contributed by atoms with Gasteiger partial charge in [0.15, 0.2) is 0 Å². The second kappa shape index (κ2) is 18.4. The first-order valence-electron chi connectivity index (χ1n) is 32.3. The molecule has 0 aromatic heterocycles. The Morgan fingerprint density at radius 3 is 1.42 bits per heavy atom. The van der Waals surface area contributed by atoms with Crippen molar-refractivity contribution in [3.63, 3.8) is 0 Å². The molecule has 0 spiro atoms. The van der Waals surface area contributed by atoms with Crippen LogP contribution in [0, 0.1) is 46.1 Å². The number of rotatable bonds is 10. The van der Waals surface area contributed by atoms with Crippen molar-refractivity contribution in [2.24, 2.45) is 11.8 Å². The zero-order valence-corrected chi connectivity index (χ0v) is 37.2. The van der Waals surface area contributed by atoms with Crippen molar-refractivity contribution in [3.8, 4) is 56.6 Å². The fourth-order valence-electron chi connectivity index (χ4n) is 9.80. The minimum absolute atomic E-state index is 0.0187. The van der Waals surface area contributed by atoms with E-state index >= 15 is 8.78 Å². The van der Waals surface area contributed by atoms with Gasteiger partial charge in [-0.15, -0.1) is 0 Å². The molecule has 0 N–H and O–H groups in total.